The summed E-state index contributed by atoms with van der Waals surface area (Å²) in [6, 6.07) is 6.51. The molecule has 6 heteroatoms. The van der Waals surface area contributed by atoms with Crippen molar-refractivity contribution in [1.29, 1.82) is 0 Å². The molecule has 1 amide bonds. The van der Waals surface area contributed by atoms with Crippen LogP contribution < -0.4 is 5.32 Å². The first-order chi connectivity index (χ1) is 8.54. The molecule has 0 saturated carbocycles. The first-order valence-corrected chi connectivity index (χ1v) is 6.59. The molecule has 18 heavy (non-hydrogen) atoms. The second kappa shape index (κ2) is 5.54. The average molecular weight is 283 g/mol. The highest BCUT2D eigenvalue weighted by atomic mass is 35.5. The van der Waals surface area contributed by atoms with E-state index in [2.05, 4.69) is 10.3 Å². The van der Waals surface area contributed by atoms with Crippen molar-refractivity contribution >= 4 is 39.6 Å². The van der Waals surface area contributed by atoms with E-state index in [0.717, 1.165) is 11.8 Å². The Balaban J connectivity index is 2.07. The minimum Gasteiger partial charge on any atom is -0.305 e. The molecule has 1 aliphatic rings. The predicted molar refractivity (Wildman–Crippen MR) is 73.0 cm³/mol. The van der Waals surface area contributed by atoms with Crippen molar-refractivity contribution in [1.82, 2.24) is 5.32 Å². The third kappa shape index (κ3) is 3.34. The molecule has 0 fully saturated rings. The summed E-state index contributed by atoms with van der Waals surface area (Å²) in [6.07, 6.45) is 0.360. The molecule has 1 N–H and O–H groups in total. The molecule has 0 bridgehead atoms. The molecule has 2 rings (SSSR count). The van der Waals surface area contributed by atoms with E-state index in [1.165, 1.54) is 0 Å². The van der Waals surface area contributed by atoms with Crippen LogP contribution in [0.3, 0.4) is 0 Å². The van der Waals surface area contributed by atoms with E-state index in [4.69, 9.17) is 11.6 Å². The molecule has 1 heterocycles. The molecule has 0 spiro atoms. The lowest BCUT2D eigenvalue weighted by atomic mass is 10.2. The van der Waals surface area contributed by atoms with E-state index in [-0.39, 0.29) is 17.1 Å². The fourth-order valence-corrected chi connectivity index (χ4v) is 2.45. The SMILES string of the molecule is CC1CC(=O)NC(SC(=O)c2ccc(Cl)cc2)=N1. The van der Waals surface area contributed by atoms with Crippen LogP contribution in [0, 0.1) is 0 Å². The Labute approximate surface area is 114 Å². The van der Waals surface area contributed by atoms with Gasteiger partial charge in [0, 0.05) is 17.0 Å². The number of amides is 1. The number of carbonyl (C=O) groups excluding carboxylic acids is 2. The van der Waals surface area contributed by atoms with Crippen LogP contribution in [-0.2, 0) is 4.79 Å². The zero-order valence-electron chi connectivity index (χ0n) is 9.64. The molecule has 94 valence electrons. The van der Waals surface area contributed by atoms with Gasteiger partial charge in [0.05, 0.1) is 6.04 Å². The smallest absolute Gasteiger partial charge is 0.228 e. The largest absolute Gasteiger partial charge is 0.305 e. The van der Waals surface area contributed by atoms with Crippen LogP contribution in [-0.4, -0.2) is 22.2 Å². The lowest BCUT2D eigenvalue weighted by Crippen LogP contribution is -2.36. The fourth-order valence-electron chi connectivity index (χ4n) is 1.50. The number of hydrogen-bond acceptors (Lipinski definition) is 4. The number of nitrogens with one attached hydrogen (secondary N) is 1. The predicted octanol–water partition coefficient (Wildman–Crippen LogP) is 2.48. The number of amidine groups is 1. The van der Waals surface area contributed by atoms with Crippen molar-refractivity contribution in [2.45, 2.75) is 19.4 Å². The van der Waals surface area contributed by atoms with Gasteiger partial charge < -0.3 is 5.32 Å². The minimum atomic E-state index is -0.167. The van der Waals surface area contributed by atoms with E-state index in [1.54, 1.807) is 24.3 Å². The van der Waals surface area contributed by atoms with E-state index < -0.39 is 0 Å². The zero-order valence-corrected chi connectivity index (χ0v) is 11.2. The van der Waals surface area contributed by atoms with Crippen molar-refractivity contribution in [2.24, 2.45) is 4.99 Å². The molecule has 1 aromatic rings. The number of benzene rings is 1. The Bertz CT molecular complexity index is 513. The van der Waals surface area contributed by atoms with Crippen molar-refractivity contribution in [3.8, 4) is 0 Å². The highest BCUT2D eigenvalue weighted by Crippen LogP contribution is 2.18. The van der Waals surface area contributed by atoms with E-state index in [9.17, 15) is 9.59 Å². The molecule has 1 aliphatic heterocycles. The number of aliphatic imine (C=N–C) groups is 1. The molecule has 0 saturated heterocycles. The van der Waals surface area contributed by atoms with Crippen LogP contribution in [0.25, 0.3) is 0 Å². The number of rotatable bonds is 1. The molecular weight excluding hydrogens is 272 g/mol. The molecule has 0 radical (unpaired) electrons. The Hall–Kier alpha value is -1.33. The Morgan fingerprint density at radius 1 is 1.44 bits per heavy atom. The van der Waals surface area contributed by atoms with Gasteiger partial charge in [-0.25, -0.2) is 0 Å². The normalized spacial score (nSPS) is 19.1. The van der Waals surface area contributed by atoms with Crippen LogP contribution in [0.2, 0.25) is 5.02 Å². The quantitative estimate of drug-likeness (QED) is 0.861. The monoisotopic (exact) mass is 282 g/mol. The standard InChI is InChI=1S/C12H11ClN2O2S/c1-7-6-10(16)15-12(14-7)18-11(17)8-2-4-9(13)5-3-8/h2-5,7H,6H2,1H3,(H,14,15,16). The third-order valence-corrected chi connectivity index (χ3v) is 3.41. The fraction of sp³-hybridized carbons (Fsp3) is 0.250. The summed E-state index contributed by atoms with van der Waals surface area (Å²) in [4.78, 5) is 27.5. The van der Waals surface area contributed by atoms with Crippen molar-refractivity contribution < 1.29 is 9.59 Å². The van der Waals surface area contributed by atoms with Crippen LogP contribution >= 0.6 is 23.4 Å². The van der Waals surface area contributed by atoms with E-state index in [1.807, 2.05) is 6.92 Å². The zero-order chi connectivity index (χ0) is 13.1. The van der Waals surface area contributed by atoms with Gasteiger partial charge >= 0.3 is 0 Å². The number of halogens is 1. The second-order valence-electron chi connectivity index (χ2n) is 3.93. The van der Waals surface area contributed by atoms with Crippen molar-refractivity contribution in [3.05, 3.63) is 34.9 Å². The van der Waals surface area contributed by atoms with Gasteiger partial charge in [0.15, 0.2) is 5.17 Å². The lowest BCUT2D eigenvalue weighted by molar-refractivity contribution is -0.120. The van der Waals surface area contributed by atoms with E-state index in [0.29, 0.717) is 22.2 Å². The summed E-state index contributed by atoms with van der Waals surface area (Å²) < 4.78 is 0. The summed E-state index contributed by atoms with van der Waals surface area (Å²) in [5.74, 6) is -0.107. The number of hydrogen-bond donors (Lipinski definition) is 1. The third-order valence-electron chi connectivity index (χ3n) is 2.33. The molecule has 0 aromatic heterocycles. The van der Waals surface area contributed by atoms with Gasteiger partial charge in [0.2, 0.25) is 11.0 Å². The first kappa shape index (κ1) is 13.1. The van der Waals surface area contributed by atoms with Gasteiger partial charge in [-0.15, -0.1) is 0 Å². The van der Waals surface area contributed by atoms with Crippen molar-refractivity contribution in [2.75, 3.05) is 0 Å². The van der Waals surface area contributed by atoms with Crippen LogP contribution in [0.4, 0.5) is 0 Å². The van der Waals surface area contributed by atoms with Gasteiger partial charge in [-0.1, -0.05) is 11.6 Å². The maximum Gasteiger partial charge on any atom is 0.228 e. The number of thioether (sulfide) groups is 1. The summed E-state index contributed by atoms with van der Waals surface area (Å²) in [5.41, 5.74) is 0.527. The van der Waals surface area contributed by atoms with Gasteiger partial charge in [-0.05, 0) is 43.0 Å². The summed E-state index contributed by atoms with van der Waals surface area (Å²) in [6.45, 7) is 1.84. The lowest BCUT2D eigenvalue weighted by Gasteiger charge is -2.16. The molecule has 0 aliphatic carbocycles. The molecule has 1 atom stereocenters. The number of nitrogens with zero attached hydrogens (tertiary/aromatic N) is 1. The summed E-state index contributed by atoms with van der Waals surface area (Å²) in [7, 11) is 0. The topological polar surface area (TPSA) is 58.5 Å². The van der Waals surface area contributed by atoms with Gasteiger partial charge in [-0.3, -0.25) is 14.6 Å². The van der Waals surface area contributed by atoms with Crippen LogP contribution in [0.15, 0.2) is 29.3 Å². The minimum absolute atomic E-state index is 0.0840. The number of carbonyl (C=O) groups is 2. The highest BCUT2D eigenvalue weighted by Gasteiger charge is 2.20. The van der Waals surface area contributed by atoms with Gasteiger partial charge in [0.25, 0.3) is 0 Å². The maximum atomic E-state index is 11.9. The first-order valence-electron chi connectivity index (χ1n) is 5.40. The van der Waals surface area contributed by atoms with Crippen LogP contribution in [0.5, 0.6) is 0 Å². The summed E-state index contributed by atoms with van der Waals surface area (Å²) >= 11 is 6.67. The van der Waals surface area contributed by atoms with Gasteiger partial charge in [-0.2, -0.15) is 0 Å². The van der Waals surface area contributed by atoms with Crippen LogP contribution in [0.1, 0.15) is 23.7 Å². The average Bonchev–Trinajstić information content (AvgIpc) is 2.28. The summed E-state index contributed by atoms with van der Waals surface area (Å²) in [5, 5.41) is 3.36. The Kier molecular flexibility index (Phi) is 4.04. The second-order valence-corrected chi connectivity index (χ2v) is 5.33. The molecule has 1 aromatic carbocycles. The Morgan fingerprint density at radius 2 is 2.11 bits per heavy atom. The van der Waals surface area contributed by atoms with Crippen molar-refractivity contribution in [3.63, 3.8) is 0 Å². The van der Waals surface area contributed by atoms with E-state index >= 15 is 0 Å². The highest BCUT2D eigenvalue weighted by molar-refractivity contribution is 8.26. The molecule has 1 unspecified atom stereocenters. The molecular formula is C12H11ClN2O2S. The van der Waals surface area contributed by atoms with Gasteiger partial charge in [0.1, 0.15) is 0 Å². The Morgan fingerprint density at radius 3 is 2.72 bits per heavy atom. The molecule has 4 nitrogen and oxygen atoms in total. The maximum absolute atomic E-state index is 11.9.